The van der Waals surface area contributed by atoms with Crippen molar-refractivity contribution in [2.75, 3.05) is 7.05 Å². The molecular weight excluding hydrogens is 539 g/mol. The average Bonchev–Trinajstić information content (AvgIpc) is 3.00. The van der Waals surface area contributed by atoms with Crippen LogP contribution < -0.4 is 9.92 Å². The fraction of sp³-hybridized carbons (Fsp3) is 0.0909. The number of halogens is 4. The maximum atomic E-state index is 13.9. The zero-order valence-corrected chi connectivity index (χ0v) is 19.7. The van der Waals surface area contributed by atoms with E-state index in [2.05, 4.69) is 20.9 Å². The molecule has 1 amide bonds. The largest absolute Gasteiger partial charge is 0.379 e. The summed E-state index contributed by atoms with van der Waals surface area (Å²) in [6, 6.07) is 11.6. The van der Waals surface area contributed by atoms with Gasteiger partial charge in [0.1, 0.15) is 23.2 Å². The Hall–Kier alpha value is -3.38. The minimum atomic E-state index is -4.83. The Balaban J connectivity index is 1.76. The van der Waals surface area contributed by atoms with Crippen LogP contribution in [-0.4, -0.2) is 32.2 Å². The minimum Gasteiger partial charge on any atom is -0.379 e. The van der Waals surface area contributed by atoms with Gasteiger partial charge in [-0.1, -0.05) is 24.3 Å². The first kappa shape index (κ1) is 23.8. The molecule has 1 unspecified atom stereocenters. The average molecular weight is 554 g/mol. The SMILES string of the molecule is CN1C(=O)C(c2ccc(OS(=O)(=O)c3c(F)cccc3F)cc2)(c2ccc(F)c(Br)c2)N=C1N. The number of benzene rings is 3. The Bertz CT molecular complexity index is 1430. The van der Waals surface area contributed by atoms with E-state index in [1.165, 1.54) is 43.4 Å². The van der Waals surface area contributed by atoms with Crippen LogP contribution in [-0.2, 0) is 20.5 Å². The summed E-state index contributed by atoms with van der Waals surface area (Å²) in [6.07, 6.45) is 0. The zero-order valence-electron chi connectivity index (χ0n) is 17.3. The Morgan fingerprint density at radius 3 is 2.09 bits per heavy atom. The molecule has 0 saturated heterocycles. The van der Waals surface area contributed by atoms with Crippen LogP contribution in [0.1, 0.15) is 11.1 Å². The van der Waals surface area contributed by atoms with E-state index in [1.54, 1.807) is 0 Å². The minimum absolute atomic E-state index is 0.0802. The van der Waals surface area contributed by atoms with Gasteiger partial charge >= 0.3 is 10.1 Å². The first-order valence-corrected chi connectivity index (χ1v) is 11.8. The molecule has 0 spiro atoms. The summed E-state index contributed by atoms with van der Waals surface area (Å²) < 4.78 is 71.6. The van der Waals surface area contributed by atoms with Gasteiger partial charge in [-0.2, -0.15) is 8.42 Å². The van der Waals surface area contributed by atoms with E-state index < -0.39 is 43.9 Å². The van der Waals surface area contributed by atoms with Gasteiger partial charge in [0.25, 0.3) is 5.91 Å². The Morgan fingerprint density at radius 1 is 0.971 bits per heavy atom. The number of likely N-dealkylation sites (N-methyl/N-ethyl adjacent to an activating group) is 1. The van der Waals surface area contributed by atoms with Crippen molar-refractivity contribution in [2.24, 2.45) is 10.7 Å². The highest BCUT2D eigenvalue weighted by Gasteiger charge is 2.49. The first-order valence-electron chi connectivity index (χ1n) is 9.55. The normalized spacial score (nSPS) is 18.2. The number of hydrogen-bond donors (Lipinski definition) is 1. The number of nitrogens with two attached hydrogens (primary N) is 1. The molecule has 1 aliphatic heterocycles. The topological polar surface area (TPSA) is 102 Å². The Labute approximate surface area is 200 Å². The predicted octanol–water partition coefficient (Wildman–Crippen LogP) is 3.66. The molecule has 0 aromatic heterocycles. The summed E-state index contributed by atoms with van der Waals surface area (Å²) in [6.45, 7) is 0. The highest BCUT2D eigenvalue weighted by molar-refractivity contribution is 9.10. The lowest BCUT2D eigenvalue weighted by Gasteiger charge is -2.26. The highest BCUT2D eigenvalue weighted by atomic mass is 79.9. The van der Waals surface area contributed by atoms with Crippen molar-refractivity contribution in [3.05, 3.63) is 93.7 Å². The zero-order chi connectivity index (χ0) is 24.8. The second-order valence-corrected chi connectivity index (χ2v) is 9.62. The van der Waals surface area contributed by atoms with Crippen molar-refractivity contribution in [1.29, 1.82) is 0 Å². The van der Waals surface area contributed by atoms with E-state index in [0.29, 0.717) is 5.56 Å². The van der Waals surface area contributed by atoms with Crippen LogP contribution in [0.25, 0.3) is 0 Å². The molecule has 34 heavy (non-hydrogen) atoms. The van der Waals surface area contributed by atoms with Gasteiger partial charge in [-0.25, -0.2) is 18.2 Å². The number of carbonyl (C=O) groups is 1. The van der Waals surface area contributed by atoms with Gasteiger partial charge in [0.15, 0.2) is 16.4 Å². The van der Waals surface area contributed by atoms with Gasteiger partial charge in [-0.3, -0.25) is 9.69 Å². The third-order valence-electron chi connectivity index (χ3n) is 5.22. The number of guanidine groups is 1. The van der Waals surface area contributed by atoms with Gasteiger partial charge < -0.3 is 9.92 Å². The van der Waals surface area contributed by atoms with E-state index >= 15 is 0 Å². The quantitative estimate of drug-likeness (QED) is 0.486. The molecule has 1 atom stereocenters. The Morgan fingerprint density at radius 2 is 1.56 bits per heavy atom. The van der Waals surface area contributed by atoms with E-state index in [0.717, 1.165) is 29.2 Å². The lowest BCUT2D eigenvalue weighted by molar-refractivity contribution is -0.129. The highest BCUT2D eigenvalue weighted by Crippen LogP contribution is 2.41. The number of nitrogens with zero attached hydrogens (tertiary/aromatic N) is 2. The monoisotopic (exact) mass is 553 g/mol. The van der Waals surface area contributed by atoms with E-state index in [1.807, 2.05) is 0 Å². The molecule has 0 saturated carbocycles. The van der Waals surface area contributed by atoms with Crippen LogP contribution in [0.4, 0.5) is 13.2 Å². The van der Waals surface area contributed by atoms with Gasteiger partial charge in [0, 0.05) is 7.05 Å². The third-order valence-corrected chi connectivity index (χ3v) is 7.13. The number of amides is 1. The molecule has 4 rings (SSSR count). The fourth-order valence-corrected chi connectivity index (χ4v) is 4.99. The second kappa shape index (κ2) is 8.44. The lowest BCUT2D eigenvalue weighted by atomic mass is 9.83. The van der Waals surface area contributed by atoms with Crippen molar-refractivity contribution < 1.29 is 30.6 Å². The van der Waals surface area contributed by atoms with E-state index in [9.17, 15) is 26.4 Å². The van der Waals surface area contributed by atoms with Gasteiger partial charge in [0.05, 0.1) is 4.47 Å². The summed E-state index contributed by atoms with van der Waals surface area (Å²) >= 11 is 3.09. The summed E-state index contributed by atoms with van der Waals surface area (Å²) in [5, 5.41) is 0. The van der Waals surface area contributed by atoms with Crippen molar-refractivity contribution in [3.63, 3.8) is 0 Å². The molecule has 0 aliphatic carbocycles. The first-order chi connectivity index (χ1) is 16.0. The smallest absolute Gasteiger partial charge is 0.345 e. The predicted molar refractivity (Wildman–Crippen MR) is 120 cm³/mol. The molecule has 0 bridgehead atoms. The van der Waals surface area contributed by atoms with Crippen molar-refractivity contribution in [1.82, 2.24) is 4.90 Å². The van der Waals surface area contributed by atoms with Crippen molar-refractivity contribution >= 4 is 37.9 Å². The summed E-state index contributed by atoms with van der Waals surface area (Å²) in [5.41, 5.74) is 4.78. The molecule has 12 heteroatoms. The van der Waals surface area contributed by atoms with Crippen LogP contribution in [0.3, 0.4) is 0 Å². The molecule has 7 nitrogen and oxygen atoms in total. The molecule has 2 N–H and O–H groups in total. The van der Waals surface area contributed by atoms with E-state index in [-0.39, 0.29) is 21.7 Å². The van der Waals surface area contributed by atoms with E-state index in [4.69, 9.17) is 9.92 Å². The van der Waals surface area contributed by atoms with Crippen LogP contribution in [0.2, 0.25) is 0 Å². The Kier molecular flexibility index (Phi) is 5.90. The summed E-state index contributed by atoms with van der Waals surface area (Å²) in [5.74, 6) is -4.04. The second-order valence-electron chi connectivity index (χ2n) is 7.29. The van der Waals surface area contributed by atoms with Crippen LogP contribution in [0, 0.1) is 17.5 Å². The van der Waals surface area contributed by atoms with Crippen LogP contribution in [0.15, 0.2) is 75.0 Å². The molecule has 1 heterocycles. The molecule has 176 valence electrons. The van der Waals surface area contributed by atoms with Crippen LogP contribution >= 0.6 is 15.9 Å². The van der Waals surface area contributed by atoms with Gasteiger partial charge in [-0.15, -0.1) is 0 Å². The summed E-state index contributed by atoms with van der Waals surface area (Å²) in [7, 11) is -3.41. The standard InChI is InChI=1S/C22H15BrF3N3O4S/c1-29-20(30)22(28-21(29)27,13-7-10-16(24)15(23)11-13)12-5-8-14(9-6-12)33-34(31,32)19-17(25)3-2-4-18(19)26/h2-11H,1H3,(H2,27,28). The number of hydrogen-bond acceptors (Lipinski definition) is 6. The number of aliphatic imine (C=N–C) groups is 1. The maximum absolute atomic E-state index is 13.9. The third kappa shape index (κ3) is 3.82. The molecule has 3 aromatic carbocycles. The van der Waals surface area contributed by atoms with Crippen molar-refractivity contribution in [2.45, 2.75) is 10.4 Å². The molecular formula is C22H15BrF3N3O4S. The molecule has 0 radical (unpaired) electrons. The number of rotatable bonds is 5. The lowest BCUT2D eigenvalue weighted by Crippen LogP contribution is -2.41. The summed E-state index contributed by atoms with van der Waals surface area (Å²) in [4.78, 5) is 17.5. The fourth-order valence-electron chi connectivity index (χ4n) is 3.55. The molecule has 3 aromatic rings. The van der Waals surface area contributed by atoms with Crippen molar-refractivity contribution in [3.8, 4) is 5.75 Å². The molecule has 1 aliphatic rings. The molecule has 0 fully saturated rings. The van der Waals surface area contributed by atoms with Crippen LogP contribution in [0.5, 0.6) is 5.75 Å². The number of carbonyl (C=O) groups excluding carboxylic acids is 1. The maximum Gasteiger partial charge on any atom is 0.345 e. The van der Waals surface area contributed by atoms with Gasteiger partial charge in [-0.05, 0) is 63.5 Å². The van der Waals surface area contributed by atoms with Gasteiger partial charge in [0.2, 0.25) is 0 Å².